The Morgan fingerprint density at radius 2 is 2.13 bits per heavy atom. The highest BCUT2D eigenvalue weighted by atomic mass is 32.1. The number of hydrogen-bond acceptors (Lipinski definition) is 6. The van der Waals surface area contributed by atoms with Gasteiger partial charge in [-0.05, 0) is 17.0 Å². The van der Waals surface area contributed by atoms with Crippen LogP contribution in [0.1, 0.15) is 17.6 Å². The minimum atomic E-state index is 0.101. The lowest BCUT2D eigenvalue weighted by atomic mass is 10.1. The highest BCUT2D eigenvalue weighted by Gasteiger charge is 2.23. The van der Waals surface area contributed by atoms with E-state index in [1.54, 1.807) is 11.3 Å². The van der Waals surface area contributed by atoms with E-state index in [9.17, 15) is 0 Å². The van der Waals surface area contributed by atoms with Gasteiger partial charge in [-0.3, -0.25) is 4.90 Å². The van der Waals surface area contributed by atoms with Crippen LogP contribution in [-0.4, -0.2) is 34.7 Å². The van der Waals surface area contributed by atoms with Crippen LogP contribution in [0.25, 0.3) is 11.4 Å². The summed E-state index contributed by atoms with van der Waals surface area (Å²) in [6.07, 6.45) is 0.101. The summed E-state index contributed by atoms with van der Waals surface area (Å²) in [5, 5.41) is 8.10. The third-order valence-corrected chi connectivity index (χ3v) is 4.61. The number of nitrogens with zero attached hydrogens (tertiary/aromatic N) is 3. The number of ether oxygens (including phenoxy) is 1. The van der Waals surface area contributed by atoms with Gasteiger partial charge in [0.05, 0.1) is 19.3 Å². The molecule has 1 aromatic carbocycles. The highest BCUT2D eigenvalue weighted by Crippen LogP contribution is 2.24. The molecule has 0 N–H and O–H groups in total. The van der Waals surface area contributed by atoms with E-state index in [4.69, 9.17) is 9.26 Å². The van der Waals surface area contributed by atoms with Crippen LogP contribution in [0.3, 0.4) is 0 Å². The number of aromatic nitrogens is 2. The van der Waals surface area contributed by atoms with Crippen molar-refractivity contribution in [2.45, 2.75) is 12.6 Å². The van der Waals surface area contributed by atoms with Gasteiger partial charge in [0.15, 0.2) is 0 Å². The zero-order chi connectivity index (χ0) is 15.5. The van der Waals surface area contributed by atoms with Crippen LogP contribution in [0.5, 0.6) is 0 Å². The molecule has 1 saturated heterocycles. The molecule has 1 aliphatic rings. The lowest BCUT2D eigenvalue weighted by Gasteiger charge is -2.32. The second-order valence-electron chi connectivity index (χ2n) is 5.53. The van der Waals surface area contributed by atoms with E-state index < -0.39 is 0 Å². The molecule has 1 unspecified atom stereocenters. The normalized spacial score (nSPS) is 19.0. The zero-order valence-electron chi connectivity index (χ0n) is 12.6. The molecule has 1 aliphatic heterocycles. The van der Waals surface area contributed by atoms with Crippen molar-refractivity contribution in [3.8, 4) is 11.4 Å². The number of rotatable bonds is 4. The lowest BCUT2D eigenvalue weighted by molar-refractivity contribution is -0.0355. The van der Waals surface area contributed by atoms with Gasteiger partial charge in [-0.2, -0.15) is 16.3 Å². The van der Waals surface area contributed by atoms with Crippen LogP contribution in [0.4, 0.5) is 0 Å². The molecule has 0 saturated carbocycles. The van der Waals surface area contributed by atoms with E-state index in [1.165, 1.54) is 5.56 Å². The van der Waals surface area contributed by atoms with Crippen LogP contribution in [0.15, 0.2) is 51.7 Å². The molecule has 0 aliphatic carbocycles. The van der Waals surface area contributed by atoms with Crippen molar-refractivity contribution in [3.63, 3.8) is 0 Å². The third kappa shape index (κ3) is 3.34. The first-order valence-electron chi connectivity index (χ1n) is 7.62. The summed E-state index contributed by atoms with van der Waals surface area (Å²) in [5.74, 6) is 1.31. The van der Waals surface area contributed by atoms with E-state index in [0.717, 1.165) is 18.7 Å². The Labute approximate surface area is 138 Å². The quantitative estimate of drug-likeness (QED) is 0.735. The Hall–Kier alpha value is -2.02. The van der Waals surface area contributed by atoms with Gasteiger partial charge in [0.2, 0.25) is 11.7 Å². The van der Waals surface area contributed by atoms with Crippen LogP contribution in [0, 0.1) is 0 Å². The Bertz CT molecular complexity index is 742. The van der Waals surface area contributed by atoms with Crippen molar-refractivity contribution >= 4 is 11.3 Å². The number of morpholine rings is 1. The summed E-state index contributed by atoms with van der Waals surface area (Å²) in [7, 11) is 0. The largest absolute Gasteiger partial charge is 0.371 e. The monoisotopic (exact) mass is 327 g/mol. The molecule has 5 nitrogen and oxygen atoms in total. The molecule has 4 rings (SSSR count). The van der Waals surface area contributed by atoms with Crippen molar-refractivity contribution in [2.75, 3.05) is 19.7 Å². The summed E-state index contributed by atoms with van der Waals surface area (Å²) in [6.45, 7) is 3.08. The van der Waals surface area contributed by atoms with E-state index in [0.29, 0.717) is 24.9 Å². The fourth-order valence-corrected chi connectivity index (χ4v) is 3.37. The Morgan fingerprint density at radius 1 is 1.22 bits per heavy atom. The summed E-state index contributed by atoms with van der Waals surface area (Å²) in [6, 6.07) is 12.3. The van der Waals surface area contributed by atoms with Crippen molar-refractivity contribution in [1.82, 2.24) is 15.0 Å². The second-order valence-corrected chi connectivity index (χ2v) is 6.31. The van der Waals surface area contributed by atoms with Crippen LogP contribution in [-0.2, 0) is 11.3 Å². The molecule has 6 heteroatoms. The average Bonchev–Trinajstić information content (AvgIpc) is 3.27. The average molecular weight is 327 g/mol. The number of hydrogen-bond donors (Lipinski definition) is 0. The standard InChI is InChI=1S/C17H17N3O2S/c1-2-4-13(5-3-1)15-10-20(7-8-21-15)11-16-18-17(19-22-16)14-6-9-23-12-14/h1-6,9,12,15H,7-8,10-11H2. The van der Waals surface area contributed by atoms with Gasteiger partial charge in [0.1, 0.15) is 0 Å². The summed E-state index contributed by atoms with van der Waals surface area (Å²) in [4.78, 5) is 6.79. The van der Waals surface area contributed by atoms with Crippen molar-refractivity contribution in [3.05, 3.63) is 58.6 Å². The van der Waals surface area contributed by atoms with Gasteiger partial charge in [-0.1, -0.05) is 35.5 Å². The Kier molecular flexibility index (Phi) is 4.19. The molecule has 1 fully saturated rings. The highest BCUT2D eigenvalue weighted by molar-refractivity contribution is 7.08. The lowest BCUT2D eigenvalue weighted by Crippen LogP contribution is -2.37. The van der Waals surface area contributed by atoms with Crippen LogP contribution < -0.4 is 0 Å². The van der Waals surface area contributed by atoms with Crippen molar-refractivity contribution in [1.29, 1.82) is 0 Å². The summed E-state index contributed by atoms with van der Waals surface area (Å²) >= 11 is 1.63. The molecule has 1 atom stereocenters. The molecule has 0 amide bonds. The van der Waals surface area contributed by atoms with E-state index in [-0.39, 0.29) is 6.10 Å². The van der Waals surface area contributed by atoms with Crippen LogP contribution in [0.2, 0.25) is 0 Å². The molecule has 3 heterocycles. The first-order chi connectivity index (χ1) is 11.4. The van der Waals surface area contributed by atoms with Gasteiger partial charge in [0.25, 0.3) is 0 Å². The molecule has 3 aromatic rings. The fraction of sp³-hybridized carbons (Fsp3) is 0.294. The van der Waals surface area contributed by atoms with Crippen LogP contribution >= 0.6 is 11.3 Å². The van der Waals surface area contributed by atoms with Gasteiger partial charge in [-0.15, -0.1) is 0 Å². The predicted molar refractivity (Wildman–Crippen MR) is 88.0 cm³/mol. The maximum absolute atomic E-state index is 5.89. The van der Waals surface area contributed by atoms with E-state index in [2.05, 4.69) is 27.2 Å². The maximum atomic E-state index is 5.89. The Balaban J connectivity index is 1.43. The van der Waals surface area contributed by atoms with Crippen molar-refractivity contribution < 1.29 is 9.26 Å². The third-order valence-electron chi connectivity index (χ3n) is 3.93. The predicted octanol–water partition coefficient (Wildman–Crippen LogP) is 3.37. The first-order valence-corrected chi connectivity index (χ1v) is 8.57. The number of thiophene rings is 1. The zero-order valence-corrected chi connectivity index (χ0v) is 13.4. The van der Waals surface area contributed by atoms with Gasteiger partial charge < -0.3 is 9.26 Å². The molecular formula is C17H17N3O2S. The molecule has 0 radical (unpaired) electrons. The molecule has 118 valence electrons. The second kappa shape index (κ2) is 6.62. The smallest absolute Gasteiger partial charge is 0.241 e. The first kappa shape index (κ1) is 14.6. The fourth-order valence-electron chi connectivity index (χ4n) is 2.73. The van der Waals surface area contributed by atoms with E-state index >= 15 is 0 Å². The molecular weight excluding hydrogens is 310 g/mol. The summed E-state index contributed by atoms with van der Waals surface area (Å²) in [5.41, 5.74) is 2.22. The van der Waals surface area contributed by atoms with Crippen molar-refractivity contribution in [2.24, 2.45) is 0 Å². The molecule has 2 aromatic heterocycles. The maximum Gasteiger partial charge on any atom is 0.241 e. The topological polar surface area (TPSA) is 51.4 Å². The summed E-state index contributed by atoms with van der Waals surface area (Å²) < 4.78 is 11.3. The SMILES string of the molecule is c1ccc(C2CN(Cc3nc(-c4ccsc4)no3)CCO2)cc1. The van der Waals surface area contributed by atoms with Gasteiger partial charge >= 0.3 is 0 Å². The van der Waals surface area contributed by atoms with E-state index in [1.807, 2.05) is 35.0 Å². The molecule has 0 spiro atoms. The molecule has 0 bridgehead atoms. The minimum absolute atomic E-state index is 0.101. The van der Waals surface area contributed by atoms with Gasteiger partial charge in [-0.25, -0.2) is 0 Å². The Morgan fingerprint density at radius 3 is 2.96 bits per heavy atom. The minimum Gasteiger partial charge on any atom is -0.371 e. The number of benzene rings is 1. The van der Waals surface area contributed by atoms with Gasteiger partial charge in [0, 0.05) is 24.0 Å². The molecule has 23 heavy (non-hydrogen) atoms.